The first-order valence-corrected chi connectivity index (χ1v) is 4.46. The molecule has 0 heterocycles. The molecular formula is C9H15N3O2. The summed E-state index contributed by atoms with van der Waals surface area (Å²) in [5.74, 6) is 0. The Morgan fingerprint density at radius 1 is 1.21 bits per heavy atom. The van der Waals surface area contributed by atoms with Crippen molar-refractivity contribution in [2.45, 2.75) is 18.9 Å². The number of hydrogen-bond acceptors (Lipinski definition) is 5. The van der Waals surface area contributed by atoms with Crippen LogP contribution in [0, 0.1) is 0 Å². The summed E-state index contributed by atoms with van der Waals surface area (Å²) < 4.78 is 0. The van der Waals surface area contributed by atoms with Crippen molar-refractivity contribution >= 4 is 12.2 Å². The lowest BCUT2D eigenvalue weighted by molar-refractivity contribution is 0.282. The van der Waals surface area contributed by atoms with Gasteiger partial charge in [0.1, 0.15) is 0 Å². The van der Waals surface area contributed by atoms with E-state index in [-0.39, 0.29) is 6.04 Å². The first kappa shape index (κ1) is 12.7. The van der Waals surface area contributed by atoms with E-state index in [1.807, 2.05) is 19.0 Å². The van der Waals surface area contributed by atoms with Gasteiger partial charge in [-0.05, 0) is 26.9 Å². The summed E-state index contributed by atoms with van der Waals surface area (Å²) in [5, 5.41) is 0. The first-order chi connectivity index (χ1) is 6.72. The van der Waals surface area contributed by atoms with Gasteiger partial charge in [-0.25, -0.2) is 19.6 Å². The van der Waals surface area contributed by atoms with Crippen LogP contribution in [-0.4, -0.2) is 50.3 Å². The molecule has 5 heteroatoms. The third-order valence-electron chi connectivity index (χ3n) is 1.97. The molecule has 0 radical (unpaired) electrons. The largest absolute Gasteiger partial charge is 0.305 e. The van der Waals surface area contributed by atoms with Gasteiger partial charge in [0.2, 0.25) is 12.2 Å². The lowest BCUT2D eigenvalue weighted by Crippen LogP contribution is -2.30. The van der Waals surface area contributed by atoms with Gasteiger partial charge in [-0.15, -0.1) is 0 Å². The molecule has 0 rings (SSSR count). The van der Waals surface area contributed by atoms with E-state index in [0.717, 1.165) is 12.8 Å². The van der Waals surface area contributed by atoms with Crippen LogP contribution in [0.3, 0.4) is 0 Å². The Morgan fingerprint density at radius 3 is 2.36 bits per heavy atom. The summed E-state index contributed by atoms with van der Waals surface area (Å²) in [6, 6.07) is 0.207. The summed E-state index contributed by atoms with van der Waals surface area (Å²) >= 11 is 0. The molecule has 0 saturated carbocycles. The molecule has 1 atom stereocenters. The average Bonchev–Trinajstić information content (AvgIpc) is 2.16. The Kier molecular flexibility index (Phi) is 7.56. The van der Waals surface area contributed by atoms with E-state index in [2.05, 4.69) is 9.98 Å². The molecule has 1 unspecified atom stereocenters. The molecule has 78 valence electrons. The van der Waals surface area contributed by atoms with Crippen molar-refractivity contribution in [1.29, 1.82) is 0 Å². The van der Waals surface area contributed by atoms with E-state index in [1.54, 1.807) is 0 Å². The van der Waals surface area contributed by atoms with Crippen LogP contribution in [0.25, 0.3) is 0 Å². The van der Waals surface area contributed by atoms with Crippen molar-refractivity contribution in [3.05, 3.63) is 0 Å². The molecule has 0 amide bonds. The maximum absolute atomic E-state index is 9.93. The molecule has 0 bridgehead atoms. The van der Waals surface area contributed by atoms with Gasteiger partial charge in [0, 0.05) is 6.04 Å². The van der Waals surface area contributed by atoms with E-state index in [1.165, 1.54) is 12.2 Å². The molecule has 0 aromatic rings. The second-order valence-corrected chi connectivity index (χ2v) is 3.16. The van der Waals surface area contributed by atoms with Crippen LogP contribution in [0.15, 0.2) is 9.98 Å². The zero-order valence-corrected chi connectivity index (χ0v) is 8.56. The number of rotatable bonds is 7. The van der Waals surface area contributed by atoms with E-state index in [4.69, 9.17) is 0 Å². The van der Waals surface area contributed by atoms with Crippen molar-refractivity contribution in [2.24, 2.45) is 9.98 Å². The zero-order valence-electron chi connectivity index (χ0n) is 8.56. The van der Waals surface area contributed by atoms with Gasteiger partial charge in [-0.1, -0.05) is 0 Å². The predicted octanol–water partition coefficient (Wildman–Crippen LogP) is 0.368. The Labute approximate surface area is 83.5 Å². The second kappa shape index (κ2) is 8.32. The molecule has 0 saturated heterocycles. The topological polar surface area (TPSA) is 62.1 Å². The maximum atomic E-state index is 9.93. The molecule has 0 aliphatic carbocycles. The Hall–Kier alpha value is -1.28. The van der Waals surface area contributed by atoms with Crippen molar-refractivity contribution in [3.63, 3.8) is 0 Å². The third kappa shape index (κ3) is 6.26. The highest BCUT2D eigenvalue weighted by Crippen LogP contribution is 2.03. The van der Waals surface area contributed by atoms with Crippen molar-refractivity contribution in [3.8, 4) is 0 Å². The minimum Gasteiger partial charge on any atom is -0.305 e. The molecule has 0 aliphatic rings. The number of isocyanates is 2. The maximum Gasteiger partial charge on any atom is 0.234 e. The summed E-state index contributed by atoms with van der Waals surface area (Å²) in [4.78, 5) is 28.7. The van der Waals surface area contributed by atoms with Crippen LogP contribution in [-0.2, 0) is 9.59 Å². The van der Waals surface area contributed by atoms with Crippen molar-refractivity contribution < 1.29 is 9.59 Å². The molecule has 0 aliphatic heterocycles. The van der Waals surface area contributed by atoms with Gasteiger partial charge >= 0.3 is 0 Å². The van der Waals surface area contributed by atoms with Crippen molar-refractivity contribution in [1.82, 2.24) is 4.90 Å². The number of likely N-dealkylation sites (N-methyl/N-ethyl adjacent to an activating group) is 1. The number of aliphatic imine (C=N–C) groups is 2. The zero-order chi connectivity index (χ0) is 10.8. The van der Waals surface area contributed by atoms with E-state index in [0.29, 0.717) is 13.1 Å². The third-order valence-corrected chi connectivity index (χ3v) is 1.97. The molecule has 0 fully saturated rings. The Morgan fingerprint density at radius 2 is 1.86 bits per heavy atom. The summed E-state index contributed by atoms with van der Waals surface area (Å²) in [6.07, 6.45) is 4.66. The standard InChI is InChI=1S/C9H15N3O2/c1-12(2)9(6-11-8-14)4-3-5-10-7-13/h9H,3-6H2,1-2H3. The normalized spacial score (nSPS) is 11.6. The Bertz CT molecular complexity index is 240. The van der Waals surface area contributed by atoms with Crippen LogP contribution in [0.4, 0.5) is 0 Å². The Balaban J connectivity index is 3.84. The van der Waals surface area contributed by atoms with Crippen molar-refractivity contribution in [2.75, 3.05) is 27.2 Å². The molecule has 14 heavy (non-hydrogen) atoms. The lowest BCUT2D eigenvalue weighted by atomic mass is 10.1. The highest BCUT2D eigenvalue weighted by atomic mass is 16.1. The van der Waals surface area contributed by atoms with Gasteiger partial charge in [0.05, 0.1) is 13.1 Å². The van der Waals surface area contributed by atoms with Crippen LogP contribution in [0.1, 0.15) is 12.8 Å². The highest BCUT2D eigenvalue weighted by molar-refractivity contribution is 5.33. The van der Waals surface area contributed by atoms with Gasteiger partial charge in [-0.2, -0.15) is 0 Å². The highest BCUT2D eigenvalue weighted by Gasteiger charge is 2.09. The predicted molar refractivity (Wildman–Crippen MR) is 52.7 cm³/mol. The molecular weight excluding hydrogens is 182 g/mol. The first-order valence-electron chi connectivity index (χ1n) is 4.46. The van der Waals surface area contributed by atoms with E-state index < -0.39 is 0 Å². The molecule has 5 nitrogen and oxygen atoms in total. The van der Waals surface area contributed by atoms with Gasteiger partial charge in [0.15, 0.2) is 0 Å². The van der Waals surface area contributed by atoms with E-state index >= 15 is 0 Å². The second-order valence-electron chi connectivity index (χ2n) is 3.16. The van der Waals surface area contributed by atoms with Crippen LogP contribution < -0.4 is 0 Å². The minimum atomic E-state index is 0.207. The summed E-state index contributed by atoms with van der Waals surface area (Å²) in [6.45, 7) is 0.931. The molecule has 0 spiro atoms. The van der Waals surface area contributed by atoms with Crippen LogP contribution >= 0.6 is 0 Å². The lowest BCUT2D eigenvalue weighted by Gasteiger charge is -2.21. The monoisotopic (exact) mass is 197 g/mol. The number of hydrogen-bond donors (Lipinski definition) is 0. The smallest absolute Gasteiger partial charge is 0.234 e. The van der Waals surface area contributed by atoms with Gasteiger partial charge in [0.25, 0.3) is 0 Å². The minimum absolute atomic E-state index is 0.207. The fourth-order valence-corrected chi connectivity index (χ4v) is 1.11. The van der Waals surface area contributed by atoms with Crippen LogP contribution in [0.5, 0.6) is 0 Å². The molecule has 0 aromatic carbocycles. The SMILES string of the molecule is CN(C)C(CCCN=C=O)CN=C=O. The fourth-order valence-electron chi connectivity index (χ4n) is 1.11. The number of carbonyl (C=O) groups excluding carboxylic acids is 2. The summed E-state index contributed by atoms with van der Waals surface area (Å²) in [7, 11) is 3.85. The van der Waals surface area contributed by atoms with Gasteiger partial charge < -0.3 is 4.90 Å². The molecule has 0 N–H and O–H groups in total. The fraction of sp³-hybridized carbons (Fsp3) is 0.778. The number of nitrogens with zero attached hydrogens (tertiary/aromatic N) is 3. The quantitative estimate of drug-likeness (QED) is 0.336. The average molecular weight is 197 g/mol. The molecule has 0 aromatic heterocycles. The summed E-state index contributed by atoms with van der Waals surface area (Å²) in [5.41, 5.74) is 0. The van der Waals surface area contributed by atoms with Gasteiger partial charge in [-0.3, -0.25) is 0 Å². The van der Waals surface area contributed by atoms with Crippen LogP contribution in [0.2, 0.25) is 0 Å². The van der Waals surface area contributed by atoms with E-state index in [9.17, 15) is 9.59 Å².